The van der Waals surface area contributed by atoms with Gasteiger partial charge < -0.3 is 5.11 Å². The standard InChI is InChI=1S/C22H28O2Si/c1-15(2)25(16(3)4,17(5)6)11-10-18-8-7-9-19-12-21(24)13-20(14-23)22(18)19/h7-9,12-17,24H,1-6H3. The number of hydrogen-bond acceptors (Lipinski definition) is 2. The lowest BCUT2D eigenvalue weighted by Gasteiger charge is -2.38. The third kappa shape index (κ3) is 3.50. The molecule has 2 aromatic rings. The first-order chi connectivity index (χ1) is 11.7. The lowest BCUT2D eigenvalue weighted by molar-refractivity contribution is 0.112. The van der Waals surface area contributed by atoms with Crippen LogP contribution in [0.1, 0.15) is 57.5 Å². The van der Waals surface area contributed by atoms with E-state index in [9.17, 15) is 9.90 Å². The van der Waals surface area contributed by atoms with Gasteiger partial charge in [-0.15, -0.1) is 5.54 Å². The van der Waals surface area contributed by atoms with E-state index in [-0.39, 0.29) is 5.75 Å². The van der Waals surface area contributed by atoms with Crippen molar-refractivity contribution in [1.29, 1.82) is 0 Å². The SMILES string of the molecule is CC(C)[Si](C#Cc1cccc2cc(O)cc(C=O)c12)(C(C)C)C(C)C. The number of hydrogen-bond donors (Lipinski definition) is 1. The lowest BCUT2D eigenvalue weighted by atomic mass is 10.00. The van der Waals surface area contributed by atoms with Gasteiger partial charge in [0.05, 0.1) is 0 Å². The van der Waals surface area contributed by atoms with Crippen LogP contribution in [0.3, 0.4) is 0 Å². The van der Waals surface area contributed by atoms with Crippen molar-refractivity contribution in [3.8, 4) is 17.2 Å². The van der Waals surface area contributed by atoms with Crippen LogP contribution >= 0.6 is 0 Å². The van der Waals surface area contributed by atoms with Gasteiger partial charge in [0, 0.05) is 16.5 Å². The molecule has 0 radical (unpaired) electrons. The van der Waals surface area contributed by atoms with E-state index in [2.05, 4.69) is 53.0 Å². The summed E-state index contributed by atoms with van der Waals surface area (Å²) in [6.07, 6.45) is 0.797. The molecule has 0 saturated heterocycles. The fourth-order valence-electron chi connectivity index (χ4n) is 4.25. The van der Waals surface area contributed by atoms with Crippen LogP contribution in [-0.4, -0.2) is 19.5 Å². The Morgan fingerprint density at radius 3 is 2.12 bits per heavy atom. The van der Waals surface area contributed by atoms with Gasteiger partial charge in [0.1, 0.15) is 13.8 Å². The second-order valence-electron chi connectivity index (χ2n) is 7.70. The molecule has 132 valence electrons. The predicted molar refractivity (Wildman–Crippen MR) is 109 cm³/mol. The summed E-state index contributed by atoms with van der Waals surface area (Å²) in [4.78, 5) is 11.5. The summed E-state index contributed by atoms with van der Waals surface area (Å²) in [7, 11) is -1.84. The molecule has 0 atom stereocenters. The highest BCUT2D eigenvalue weighted by Crippen LogP contribution is 2.41. The molecular weight excluding hydrogens is 324 g/mol. The Labute approximate surface area is 152 Å². The van der Waals surface area contributed by atoms with E-state index >= 15 is 0 Å². The summed E-state index contributed by atoms with van der Waals surface area (Å²) in [5, 5.41) is 11.5. The van der Waals surface area contributed by atoms with Crippen LogP contribution in [0.15, 0.2) is 30.3 Å². The van der Waals surface area contributed by atoms with Crippen LogP contribution in [0.2, 0.25) is 16.6 Å². The summed E-state index contributed by atoms with van der Waals surface area (Å²) >= 11 is 0. The summed E-state index contributed by atoms with van der Waals surface area (Å²) in [5.41, 5.74) is 6.76. The molecule has 0 saturated carbocycles. The van der Waals surface area contributed by atoms with Crippen molar-refractivity contribution < 1.29 is 9.90 Å². The fraction of sp³-hybridized carbons (Fsp3) is 0.409. The Morgan fingerprint density at radius 2 is 1.60 bits per heavy atom. The molecule has 0 bridgehead atoms. The molecule has 0 aliphatic heterocycles. The lowest BCUT2D eigenvalue weighted by Crippen LogP contribution is -2.43. The fourth-order valence-corrected chi connectivity index (χ4v) is 9.47. The molecule has 2 rings (SSSR count). The first-order valence-corrected chi connectivity index (χ1v) is 11.2. The average molecular weight is 353 g/mol. The Balaban J connectivity index is 2.73. The highest BCUT2D eigenvalue weighted by Gasteiger charge is 2.41. The van der Waals surface area contributed by atoms with Gasteiger partial charge >= 0.3 is 0 Å². The van der Waals surface area contributed by atoms with E-state index in [1.54, 1.807) is 6.07 Å². The van der Waals surface area contributed by atoms with E-state index in [0.29, 0.717) is 22.2 Å². The van der Waals surface area contributed by atoms with Crippen molar-refractivity contribution in [1.82, 2.24) is 0 Å². The third-order valence-electron chi connectivity index (χ3n) is 5.40. The van der Waals surface area contributed by atoms with Gasteiger partial charge in [0.25, 0.3) is 0 Å². The topological polar surface area (TPSA) is 37.3 Å². The average Bonchev–Trinajstić information content (AvgIpc) is 2.53. The van der Waals surface area contributed by atoms with Crippen molar-refractivity contribution in [2.75, 3.05) is 0 Å². The van der Waals surface area contributed by atoms with Crippen LogP contribution in [0.5, 0.6) is 5.75 Å². The van der Waals surface area contributed by atoms with Gasteiger partial charge in [-0.3, -0.25) is 4.79 Å². The quantitative estimate of drug-likeness (QED) is 0.421. The molecule has 0 heterocycles. The second kappa shape index (κ2) is 7.45. The Kier molecular flexibility index (Phi) is 5.75. The number of phenolic OH excluding ortho intramolecular Hbond substituents is 1. The van der Waals surface area contributed by atoms with Crippen LogP contribution in [0, 0.1) is 11.5 Å². The molecule has 0 fully saturated rings. The number of phenols is 1. The second-order valence-corrected chi connectivity index (χ2v) is 13.3. The smallest absolute Gasteiger partial charge is 0.150 e. The highest BCUT2D eigenvalue weighted by atomic mass is 28.3. The van der Waals surface area contributed by atoms with Gasteiger partial charge in [-0.2, -0.15) is 0 Å². The zero-order valence-corrected chi connectivity index (χ0v) is 17.1. The first-order valence-electron chi connectivity index (χ1n) is 8.98. The van der Waals surface area contributed by atoms with E-state index in [1.165, 1.54) is 6.07 Å². The van der Waals surface area contributed by atoms with E-state index in [0.717, 1.165) is 22.6 Å². The molecule has 0 amide bonds. The molecule has 3 heteroatoms. The van der Waals surface area contributed by atoms with Crippen LogP contribution in [0.4, 0.5) is 0 Å². The minimum Gasteiger partial charge on any atom is -0.508 e. The molecule has 1 N–H and O–H groups in total. The summed E-state index contributed by atoms with van der Waals surface area (Å²) in [5.74, 6) is 3.54. The van der Waals surface area contributed by atoms with Crippen LogP contribution in [-0.2, 0) is 0 Å². The number of carbonyl (C=O) groups is 1. The molecule has 25 heavy (non-hydrogen) atoms. The van der Waals surface area contributed by atoms with E-state index < -0.39 is 8.07 Å². The number of fused-ring (bicyclic) bond motifs is 1. The Hall–Kier alpha value is -2.05. The van der Waals surface area contributed by atoms with Gasteiger partial charge in [0.15, 0.2) is 6.29 Å². The molecule has 2 nitrogen and oxygen atoms in total. The highest BCUT2D eigenvalue weighted by molar-refractivity contribution is 6.90. The van der Waals surface area contributed by atoms with Crippen LogP contribution < -0.4 is 0 Å². The molecule has 0 aliphatic rings. The molecule has 0 spiro atoms. The van der Waals surface area contributed by atoms with E-state index in [1.807, 2.05) is 18.2 Å². The van der Waals surface area contributed by atoms with Crippen molar-refractivity contribution in [2.45, 2.75) is 58.2 Å². The van der Waals surface area contributed by atoms with Crippen LogP contribution in [0.25, 0.3) is 10.8 Å². The predicted octanol–water partition coefficient (Wildman–Crippen LogP) is 5.93. The number of carbonyl (C=O) groups excluding carboxylic acids is 1. The normalized spacial score (nSPS) is 11.9. The number of rotatable bonds is 4. The van der Waals surface area contributed by atoms with Gasteiger partial charge in [-0.05, 0) is 40.2 Å². The van der Waals surface area contributed by atoms with E-state index in [4.69, 9.17) is 0 Å². The van der Waals surface area contributed by atoms with Crippen molar-refractivity contribution in [2.24, 2.45) is 0 Å². The molecule has 0 aliphatic carbocycles. The minimum absolute atomic E-state index is 0.106. The number of aldehydes is 1. The Bertz CT molecular complexity index is 816. The van der Waals surface area contributed by atoms with Gasteiger partial charge in [0.2, 0.25) is 0 Å². The zero-order valence-electron chi connectivity index (χ0n) is 16.1. The first kappa shape index (κ1) is 19.3. The van der Waals surface area contributed by atoms with Crippen molar-refractivity contribution >= 4 is 25.1 Å². The third-order valence-corrected chi connectivity index (χ3v) is 11.7. The monoisotopic (exact) mass is 352 g/mol. The summed E-state index contributed by atoms with van der Waals surface area (Å²) in [6.45, 7) is 13.7. The summed E-state index contributed by atoms with van der Waals surface area (Å²) < 4.78 is 0. The molecule has 0 aromatic heterocycles. The maximum absolute atomic E-state index is 11.5. The maximum atomic E-state index is 11.5. The van der Waals surface area contributed by atoms with Crippen molar-refractivity contribution in [3.63, 3.8) is 0 Å². The molecule has 2 aromatic carbocycles. The maximum Gasteiger partial charge on any atom is 0.150 e. The molecular formula is C22H28O2Si. The summed E-state index contributed by atoms with van der Waals surface area (Å²) in [6, 6.07) is 9.01. The van der Waals surface area contributed by atoms with Gasteiger partial charge in [-0.1, -0.05) is 59.6 Å². The van der Waals surface area contributed by atoms with Gasteiger partial charge in [-0.25, -0.2) is 0 Å². The minimum atomic E-state index is -1.84. The number of aromatic hydroxyl groups is 1. The largest absolute Gasteiger partial charge is 0.508 e. The zero-order chi connectivity index (χ0) is 18.8. The molecule has 0 unspecified atom stereocenters. The van der Waals surface area contributed by atoms with Crippen molar-refractivity contribution in [3.05, 3.63) is 41.5 Å². The Morgan fingerprint density at radius 1 is 1.00 bits per heavy atom. The number of benzene rings is 2.